The monoisotopic (exact) mass is 245 g/mol. The molecule has 0 radical (unpaired) electrons. The van der Waals surface area contributed by atoms with E-state index in [1.807, 2.05) is 13.0 Å². The van der Waals surface area contributed by atoms with Crippen LogP contribution in [0.2, 0.25) is 0 Å². The first-order chi connectivity index (χ1) is 6.98. The molecule has 0 bridgehead atoms. The largest absolute Gasteiger partial charge is 0.212 e. The second-order valence-corrected chi connectivity index (χ2v) is 7.23. The molecule has 3 nitrogen and oxygen atoms in total. The molecule has 0 aliphatic carbocycles. The highest BCUT2D eigenvalue weighted by Crippen LogP contribution is 2.36. The standard InChI is InChI=1S/C10H15NO2S2/c1-8-5-6-10(14-8)9-4-3-7-11(9)15(2,12)13/h5-6,9H,3-4,7H2,1-2H3/t9-/m0/s1. The maximum atomic E-state index is 11.6. The molecule has 84 valence electrons. The van der Waals surface area contributed by atoms with Crippen molar-refractivity contribution >= 4 is 21.4 Å². The lowest BCUT2D eigenvalue weighted by Gasteiger charge is -2.20. The summed E-state index contributed by atoms with van der Waals surface area (Å²) in [7, 11) is -3.05. The molecule has 1 aromatic rings. The molecular weight excluding hydrogens is 230 g/mol. The normalized spacial score (nSPS) is 23.5. The number of aryl methyl sites for hydroxylation is 1. The number of hydrogen-bond donors (Lipinski definition) is 0. The summed E-state index contributed by atoms with van der Waals surface area (Å²) >= 11 is 1.70. The van der Waals surface area contributed by atoms with Crippen molar-refractivity contribution in [2.24, 2.45) is 0 Å². The molecule has 1 aliphatic heterocycles. The Kier molecular flexibility index (Phi) is 2.87. The summed E-state index contributed by atoms with van der Waals surface area (Å²) in [6.45, 7) is 2.72. The van der Waals surface area contributed by atoms with Crippen LogP contribution in [0.5, 0.6) is 0 Å². The average Bonchev–Trinajstić information content (AvgIpc) is 2.68. The van der Waals surface area contributed by atoms with E-state index in [0.29, 0.717) is 6.54 Å². The van der Waals surface area contributed by atoms with Gasteiger partial charge < -0.3 is 0 Å². The van der Waals surface area contributed by atoms with E-state index >= 15 is 0 Å². The average molecular weight is 245 g/mol. The number of rotatable bonds is 2. The van der Waals surface area contributed by atoms with E-state index in [1.165, 1.54) is 16.0 Å². The van der Waals surface area contributed by atoms with Crippen molar-refractivity contribution < 1.29 is 8.42 Å². The molecule has 15 heavy (non-hydrogen) atoms. The van der Waals surface area contributed by atoms with Crippen LogP contribution in [0, 0.1) is 6.92 Å². The number of nitrogens with zero attached hydrogens (tertiary/aromatic N) is 1. The van der Waals surface area contributed by atoms with Crippen molar-refractivity contribution in [3.63, 3.8) is 0 Å². The molecule has 0 N–H and O–H groups in total. The Hall–Kier alpha value is -0.390. The van der Waals surface area contributed by atoms with E-state index in [9.17, 15) is 8.42 Å². The van der Waals surface area contributed by atoms with Gasteiger partial charge in [0.05, 0.1) is 12.3 Å². The Bertz CT molecular complexity index is 450. The van der Waals surface area contributed by atoms with Gasteiger partial charge in [-0.05, 0) is 31.9 Å². The van der Waals surface area contributed by atoms with E-state index in [2.05, 4.69) is 6.07 Å². The maximum Gasteiger partial charge on any atom is 0.211 e. The second kappa shape index (κ2) is 3.88. The van der Waals surface area contributed by atoms with Crippen LogP contribution in [0.3, 0.4) is 0 Å². The molecule has 2 heterocycles. The highest BCUT2D eigenvalue weighted by molar-refractivity contribution is 7.88. The topological polar surface area (TPSA) is 37.4 Å². The minimum Gasteiger partial charge on any atom is -0.212 e. The number of hydrogen-bond acceptors (Lipinski definition) is 3. The predicted octanol–water partition coefficient (Wildman–Crippen LogP) is 2.15. The van der Waals surface area contributed by atoms with Gasteiger partial charge in [0.1, 0.15) is 0 Å². The summed E-state index contributed by atoms with van der Waals surface area (Å²) < 4.78 is 24.7. The first-order valence-corrected chi connectivity index (χ1v) is 7.68. The SMILES string of the molecule is Cc1ccc([C@@H]2CCCN2S(C)(=O)=O)s1. The Balaban J connectivity index is 2.30. The lowest BCUT2D eigenvalue weighted by Crippen LogP contribution is -2.28. The zero-order valence-electron chi connectivity index (χ0n) is 8.93. The summed E-state index contributed by atoms with van der Waals surface area (Å²) in [5, 5.41) is 0. The molecule has 1 atom stereocenters. The molecule has 0 saturated carbocycles. The van der Waals surface area contributed by atoms with E-state index in [-0.39, 0.29) is 6.04 Å². The van der Waals surface area contributed by atoms with Crippen LogP contribution in [-0.2, 0) is 10.0 Å². The van der Waals surface area contributed by atoms with Crippen LogP contribution < -0.4 is 0 Å². The highest BCUT2D eigenvalue weighted by atomic mass is 32.2. The van der Waals surface area contributed by atoms with Crippen LogP contribution in [-0.4, -0.2) is 25.5 Å². The first kappa shape index (κ1) is 11.1. The van der Waals surface area contributed by atoms with Crippen molar-refractivity contribution in [3.8, 4) is 0 Å². The molecule has 0 amide bonds. The summed E-state index contributed by atoms with van der Waals surface area (Å²) in [6, 6.07) is 4.19. The van der Waals surface area contributed by atoms with E-state index in [1.54, 1.807) is 15.6 Å². The van der Waals surface area contributed by atoms with Crippen molar-refractivity contribution in [3.05, 3.63) is 21.9 Å². The summed E-state index contributed by atoms with van der Waals surface area (Å²) in [5.41, 5.74) is 0. The Labute approximate surface area is 94.8 Å². The zero-order valence-corrected chi connectivity index (χ0v) is 10.6. The van der Waals surface area contributed by atoms with Gasteiger partial charge in [0, 0.05) is 16.3 Å². The van der Waals surface area contributed by atoms with Gasteiger partial charge in [0.25, 0.3) is 0 Å². The smallest absolute Gasteiger partial charge is 0.211 e. The molecule has 1 fully saturated rings. The highest BCUT2D eigenvalue weighted by Gasteiger charge is 2.33. The van der Waals surface area contributed by atoms with E-state index < -0.39 is 10.0 Å². The minimum atomic E-state index is -3.05. The lowest BCUT2D eigenvalue weighted by molar-refractivity contribution is 0.405. The molecule has 0 spiro atoms. The molecule has 1 aromatic heterocycles. The fourth-order valence-corrected chi connectivity index (χ4v) is 4.29. The predicted molar refractivity (Wildman–Crippen MR) is 62.6 cm³/mol. The molecule has 0 unspecified atom stereocenters. The molecular formula is C10H15NO2S2. The van der Waals surface area contributed by atoms with Gasteiger partial charge in [-0.3, -0.25) is 0 Å². The molecule has 0 aromatic carbocycles. The first-order valence-electron chi connectivity index (χ1n) is 5.01. The lowest BCUT2D eigenvalue weighted by atomic mass is 10.2. The maximum absolute atomic E-state index is 11.6. The Morgan fingerprint density at radius 2 is 2.20 bits per heavy atom. The zero-order chi connectivity index (χ0) is 11.1. The molecule has 1 aliphatic rings. The van der Waals surface area contributed by atoms with Crippen LogP contribution in [0.4, 0.5) is 0 Å². The van der Waals surface area contributed by atoms with Gasteiger partial charge in [-0.25, -0.2) is 8.42 Å². The quantitative estimate of drug-likeness (QED) is 0.800. The third-order valence-corrected chi connectivity index (χ3v) is 5.11. The molecule has 5 heteroatoms. The van der Waals surface area contributed by atoms with Gasteiger partial charge >= 0.3 is 0 Å². The van der Waals surface area contributed by atoms with Crippen LogP contribution in [0.15, 0.2) is 12.1 Å². The van der Waals surface area contributed by atoms with Gasteiger partial charge in [0.2, 0.25) is 10.0 Å². The summed E-state index contributed by atoms with van der Waals surface area (Å²) in [4.78, 5) is 2.42. The van der Waals surface area contributed by atoms with Crippen molar-refractivity contribution in [2.75, 3.05) is 12.8 Å². The van der Waals surface area contributed by atoms with Crippen LogP contribution in [0.25, 0.3) is 0 Å². The number of sulfonamides is 1. The van der Waals surface area contributed by atoms with Gasteiger partial charge in [-0.15, -0.1) is 11.3 Å². The second-order valence-electron chi connectivity index (χ2n) is 3.98. The van der Waals surface area contributed by atoms with Crippen LogP contribution >= 0.6 is 11.3 Å². The van der Waals surface area contributed by atoms with E-state index in [0.717, 1.165) is 12.8 Å². The third kappa shape index (κ3) is 2.24. The third-order valence-electron chi connectivity index (χ3n) is 2.72. The van der Waals surface area contributed by atoms with Crippen molar-refractivity contribution in [2.45, 2.75) is 25.8 Å². The fraction of sp³-hybridized carbons (Fsp3) is 0.600. The summed E-state index contributed by atoms with van der Waals surface area (Å²) in [6.07, 6.45) is 3.22. The number of thiophene rings is 1. The van der Waals surface area contributed by atoms with E-state index in [4.69, 9.17) is 0 Å². The summed E-state index contributed by atoms with van der Waals surface area (Å²) in [5.74, 6) is 0. The Morgan fingerprint density at radius 3 is 2.73 bits per heavy atom. The molecule has 2 rings (SSSR count). The minimum absolute atomic E-state index is 0.0821. The van der Waals surface area contributed by atoms with Crippen molar-refractivity contribution in [1.29, 1.82) is 0 Å². The van der Waals surface area contributed by atoms with Gasteiger partial charge in [0.15, 0.2) is 0 Å². The van der Waals surface area contributed by atoms with Gasteiger partial charge in [-0.1, -0.05) is 0 Å². The van der Waals surface area contributed by atoms with Crippen molar-refractivity contribution in [1.82, 2.24) is 4.31 Å². The fourth-order valence-electron chi connectivity index (χ4n) is 2.05. The molecule has 1 saturated heterocycles. The Morgan fingerprint density at radius 1 is 1.47 bits per heavy atom. The van der Waals surface area contributed by atoms with Gasteiger partial charge in [-0.2, -0.15) is 4.31 Å². The van der Waals surface area contributed by atoms with Crippen LogP contribution in [0.1, 0.15) is 28.6 Å².